The van der Waals surface area contributed by atoms with Crippen LogP contribution in [-0.2, 0) is 35.1 Å². The Morgan fingerprint density at radius 1 is 1.11 bits per heavy atom. The van der Waals surface area contributed by atoms with Gasteiger partial charge in [-0.15, -0.1) is 0 Å². The van der Waals surface area contributed by atoms with Crippen molar-refractivity contribution in [2.75, 3.05) is 7.11 Å². The molecule has 2 fully saturated rings. The molecule has 0 aromatic heterocycles. The van der Waals surface area contributed by atoms with Crippen molar-refractivity contribution in [3.05, 3.63) is 75.8 Å². The van der Waals surface area contributed by atoms with Crippen molar-refractivity contribution in [1.82, 2.24) is 0 Å². The number of benzene rings is 2. The molecular formula is C26H29NO9. The molecule has 4 atom stereocenters. The molecule has 192 valence electrons. The number of carbonyl (C=O) groups is 2. The average Bonchev–Trinajstić information content (AvgIpc) is 2.88. The number of nitrogens with zero attached hydrogens (tertiary/aromatic N) is 1. The van der Waals surface area contributed by atoms with Crippen LogP contribution < -0.4 is 0 Å². The molecular weight excluding hydrogens is 470 g/mol. The van der Waals surface area contributed by atoms with Crippen LogP contribution in [-0.4, -0.2) is 48.3 Å². The van der Waals surface area contributed by atoms with E-state index in [9.17, 15) is 19.7 Å². The normalized spacial score (nSPS) is 25.8. The van der Waals surface area contributed by atoms with Gasteiger partial charge in [-0.1, -0.05) is 30.3 Å². The highest BCUT2D eigenvalue weighted by Crippen LogP contribution is 2.41. The highest BCUT2D eigenvalue weighted by Gasteiger charge is 2.47. The minimum absolute atomic E-state index is 0.0556. The van der Waals surface area contributed by atoms with Gasteiger partial charge < -0.3 is 23.7 Å². The summed E-state index contributed by atoms with van der Waals surface area (Å²) in [5, 5.41) is 10.9. The fourth-order valence-electron chi connectivity index (χ4n) is 4.55. The van der Waals surface area contributed by atoms with Crippen LogP contribution in [0, 0.1) is 10.1 Å². The van der Waals surface area contributed by atoms with Gasteiger partial charge >= 0.3 is 11.9 Å². The predicted octanol–water partition coefficient (Wildman–Crippen LogP) is 4.30. The van der Waals surface area contributed by atoms with Crippen LogP contribution in [0.15, 0.2) is 54.6 Å². The third-order valence-corrected chi connectivity index (χ3v) is 6.29. The minimum Gasteiger partial charge on any atom is -0.469 e. The van der Waals surface area contributed by atoms with Gasteiger partial charge in [0.05, 0.1) is 42.8 Å². The highest BCUT2D eigenvalue weighted by molar-refractivity contribution is 5.89. The molecule has 2 aromatic rings. The van der Waals surface area contributed by atoms with Gasteiger partial charge in [0, 0.05) is 37.8 Å². The molecule has 4 rings (SSSR count). The molecule has 10 nitrogen and oxygen atoms in total. The van der Waals surface area contributed by atoms with E-state index in [1.165, 1.54) is 31.4 Å². The third-order valence-electron chi connectivity index (χ3n) is 6.29. The van der Waals surface area contributed by atoms with E-state index >= 15 is 0 Å². The zero-order chi connectivity index (χ0) is 25.5. The third kappa shape index (κ3) is 6.66. The minimum atomic E-state index is -1.07. The maximum absolute atomic E-state index is 12.6. The quantitative estimate of drug-likeness (QED) is 0.297. The predicted molar refractivity (Wildman–Crippen MR) is 126 cm³/mol. The summed E-state index contributed by atoms with van der Waals surface area (Å²) in [5.41, 5.74) is 1.09. The van der Waals surface area contributed by atoms with Gasteiger partial charge in [0.25, 0.3) is 5.69 Å². The van der Waals surface area contributed by atoms with Gasteiger partial charge in [-0.3, -0.25) is 14.9 Å². The van der Waals surface area contributed by atoms with E-state index in [0.717, 1.165) is 5.56 Å². The summed E-state index contributed by atoms with van der Waals surface area (Å²) in [6, 6.07) is 15.0. The Hall–Kier alpha value is -3.34. The average molecular weight is 500 g/mol. The van der Waals surface area contributed by atoms with Crippen LogP contribution in [0.2, 0.25) is 0 Å². The first-order valence-corrected chi connectivity index (χ1v) is 11.9. The van der Waals surface area contributed by atoms with E-state index in [-0.39, 0.29) is 23.8 Å². The number of carbonyl (C=O) groups excluding carboxylic acids is 2. The number of nitro groups is 1. The molecule has 0 N–H and O–H groups in total. The first-order valence-electron chi connectivity index (χ1n) is 11.9. The largest absolute Gasteiger partial charge is 0.469 e. The van der Waals surface area contributed by atoms with Crippen molar-refractivity contribution >= 4 is 17.6 Å². The van der Waals surface area contributed by atoms with Crippen molar-refractivity contribution in [1.29, 1.82) is 0 Å². The molecule has 0 saturated carbocycles. The fourth-order valence-corrected chi connectivity index (χ4v) is 4.55. The van der Waals surface area contributed by atoms with Crippen LogP contribution >= 0.6 is 0 Å². The number of rotatable bonds is 8. The van der Waals surface area contributed by atoms with Gasteiger partial charge in [0.2, 0.25) is 6.29 Å². The first-order chi connectivity index (χ1) is 17.4. The Morgan fingerprint density at radius 2 is 1.86 bits per heavy atom. The van der Waals surface area contributed by atoms with Crippen LogP contribution in [0.25, 0.3) is 0 Å². The molecule has 0 amide bonds. The van der Waals surface area contributed by atoms with Crippen molar-refractivity contribution in [3.63, 3.8) is 0 Å². The van der Waals surface area contributed by atoms with E-state index in [4.69, 9.17) is 23.7 Å². The lowest BCUT2D eigenvalue weighted by Gasteiger charge is -2.47. The summed E-state index contributed by atoms with van der Waals surface area (Å²) in [4.78, 5) is 34.9. The standard InChI is InChI=1S/C26H29NO9/c1-32-23(28)15-21-14-22(33-17-18-6-3-2-4-7-18)16-26(35-21)13-5-8-24(36-26)34-25(29)19-9-11-20(12-10-19)27(30)31/h2-4,6-7,9-12,21-22,24H,5,8,13-17H2,1H3/t21-,22-,24-,26+/m1/s1. The maximum atomic E-state index is 12.6. The van der Waals surface area contributed by atoms with Crippen molar-refractivity contribution in [2.24, 2.45) is 0 Å². The molecule has 2 heterocycles. The lowest BCUT2D eigenvalue weighted by atomic mass is 9.91. The molecule has 2 aromatic carbocycles. The summed E-state index contributed by atoms with van der Waals surface area (Å²) < 4.78 is 29.0. The molecule has 0 aliphatic carbocycles. The Morgan fingerprint density at radius 3 is 2.56 bits per heavy atom. The fraction of sp³-hybridized carbons (Fsp3) is 0.462. The Bertz CT molecular complexity index is 1060. The molecule has 1 spiro atoms. The molecule has 0 unspecified atom stereocenters. The Balaban J connectivity index is 1.43. The molecule has 0 radical (unpaired) electrons. The summed E-state index contributed by atoms with van der Waals surface area (Å²) in [7, 11) is 1.33. The molecule has 0 bridgehead atoms. The van der Waals surface area contributed by atoms with Crippen molar-refractivity contribution < 1.29 is 38.2 Å². The second-order valence-electron chi connectivity index (χ2n) is 8.94. The van der Waals surface area contributed by atoms with E-state index in [1.54, 1.807) is 0 Å². The molecule has 2 saturated heterocycles. The van der Waals surface area contributed by atoms with E-state index < -0.39 is 35.0 Å². The zero-order valence-electron chi connectivity index (χ0n) is 20.0. The van der Waals surface area contributed by atoms with Gasteiger partial charge in [0.1, 0.15) is 0 Å². The maximum Gasteiger partial charge on any atom is 0.340 e. The second kappa shape index (κ2) is 11.6. The summed E-state index contributed by atoms with van der Waals surface area (Å²) >= 11 is 0. The zero-order valence-corrected chi connectivity index (χ0v) is 20.0. The van der Waals surface area contributed by atoms with Crippen molar-refractivity contribution in [3.8, 4) is 0 Å². The smallest absolute Gasteiger partial charge is 0.340 e. The monoisotopic (exact) mass is 499 g/mol. The number of non-ortho nitro benzene ring substituents is 1. The van der Waals surface area contributed by atoms with Gasteiger partial charge in [-0.05, 0) is 24.1 Å². The number of hydrogen-bond donors (Lipinski definition) is 0. The number of hydrogen-bond acceptors (Lipinski definition) is 9. The van der Waals surface area contributed by atoms with Gasteiger partial charge in [-0.25, -0.2) is 4.79 Å². The highest BCUT2D eigenvalue weighted by atomic mass is 16.8. The Labute approximate surface area is 208 Å². The topological polar surface area (TPSA) is 123 Å². The molecule has 10 heteroatoms. The van der Waals surface area contributed by atoms with Crippen LogP contribution in [0.4, 0.5) is 5.69 Å². The molecule has 36 heavy (non-hydrogen) atoms. The Kier molecular flexibility index (Phi) is 8.29. The number of ether oxygens (including phenoxy) is 5. The molecule has 2 aliphatic heterocycles. The number of esters is 2. The number of methoxy groups -OCH3 is 1. The van der Waals surface area contributed by atoms with Crippen LogP contribution in [0.3, 0.4) is 0 Å². The van der Waals surface area contributed by atoms with Crippen molar-refractivity contribution in [2.45, 2.75) is 69.4 Å². The summed E-state index contributed by atoms with van der Waals surface area (Å²) in [5.74, 6) is -2.11. The first kappa shape index (κ1) is 25.7. The van der Waals surface area contributed by atoms with Crippen LogP contribution in [0.5, 0.6) is 0 Å². The van der Waals surface area contributed by atoms with Crippen LogP contribution in [0.1, 0.15) is 54.4 Å². The van der Waals surface area contributed by atoms with E-state index in [1.807, 2.05) is 30.3 Å². The van der Waals surface area contributed by atoms with Gasteiger partial charge in [-0.2, -0.15) is 0 Å². The van der Waals surface area contributed by atoms with Gasteiger partial charge in [0.15, 0.2) is 5.79 Å². The lowest BCUT2D eigenvalue weighted by molar-refractivity contribution is -0.384. The molecule has 2 aliphatic rings. The SMILES string of the molecule is COC(=O)C[C@H]1C[C@@H](OCc2ccccc2)C[C@@]2(CCC[C@H](OC(=O)c3ccc([N+](=O)[O-])cc3)O2)O1. The number of nitro benzene ring substituents is 1. The van der Waals surface area contributed by atoms with E-state index in [0.29, 0.717) is 38.7 Å². The lowest BCUT2D eigenvalue weighted by Crippen LogP contribution is -2.53. The summed E-state index contributed by atoms with van der Waals surface area (Å²) in [6.45, 7) is 0.408. The summed E-state index contributed by atoms with van der Waals surface area (Å²) in [6.07, 6.45) is 1.10. The van der Waals surface area contributed by atoms with E-state index in [2.05, 4.69) is 0 Å². The second-order valence-corrected chi connectivity index (χ2v) is 8.94.